The van der Waals surface area contributed by atoms with Crippen molar-refractivity contribution in [2.75, 3.05) is 32.0 Å². The number of halogens is 1. The second-order valence-electron chi connectivity index (χ2n) is 9.11. The lowest BCUT2D eigenvalue weighted by molar-refractivity contribution is -0.116. The maximum absolute atomic E-state index is 12.1. The molecule has 0 spiro atoms. The monoisotopic (exact) mass is 577 g/mol. The minimum absolute atomic E-state index is 0. The number of hydrogen-bond acceptors (Lipinski definition) is 4. The number of nitrogens with zero attached hydrogens (tertiary/aromatic N) is 2. The van der Waals surface area contributed by atoms with Gasteiger partial charge in [-0.15, -0.1) is 24.0 Å². The number of hydrogen-bond donors (Lipinski definition) is 3. The number of anilines is 1. The highest BCUT2D eigenvalue weighted by molar-refractivity contribution is 14.0. The summed E-state index contributed by atoms with van der Waals surface area (Å²) in [5.74, 6) is 0.918. The Labute approximate surface area is 219 Å². The van der Waals surface area contributed by atoms with Gasteiger partial charge in [-0.3, -0.25) is 14.7 Å². The number of fused-ring (bicyclic) bond motifs is 1. The highest BCUT2D eigenvalue weighted by Gasteiger charge is 2.25. The number of morpholine rings is 1. The standard InChI is InChI=1S/C26H35N5O2.HI/c1-18-15-31(16-19(2)33-18)17-21-10-8-20(9-11-21)13-28-26(27-3)29-14-22-12-25(32)30-24-7-5-4-6-23(22)24;/h4-11,18-19,22H,12-17H2,1-3H3,(H,30,32)(H2,27,28,29);1H. The zero-order valence-corrected chi connectivity index (χ0v) is 22.5. The second kappa shape index (κ2) is 12.5. The van der Waals surface area contributed by atoms with Crippen LogP contribution in [0.1, 0.15) is 42.9 Å². The molecular formula is C26H36IN5O2. The maximum Gasteiger partial charge on any atom is 0.225 e. The molecule has 0 bridgehead atoms. The molecule has 4 rings (SSSR count). The van der Waals surface area contributed by atoms with Crippen LogP contribution in [0.25, 0.3) is 0 Å². The Kier molecular flexibility index (Phi) is 9.73. The summed E-state index contributed by atoms with van der Waals surface area (Å²) in [4.78, 5) is 18.9. The molecule has 0 aliphatic carbocycles. The Balaban J connectivity index is 0.00000324. The molecule has 2 aliphatic heterocycles. The average Bonchev–Trinajstić information content (AvgIpc) is 2.79. The number of guanidine groups is 1. The van der Waals surface area contributed by atoms with E-state index in [2.05, 4.69) is 70.0 Å². The normalized spacial score (nSPS) is 22.9. The van der Waals surface area contributed by atoms with E-state index in [1.165, 1.54) is 16.7 Å². The predicted octanol–water partition coefficient (Wildman–Crippen LogP) is 3.70. The van der Waals surface area contributed by atoms with Gasteiger partial charge in [-0.1, -0.05) is 42.5 Å². The van der Waals surface area contributed by atoms with E-state index in [1.54, 1.807) is 7.05 Å². The predicted molar refractivity (Wildman–Crippen MR) is 148 cm³/mol. The zero-order valence-electron chi connectivity index (χ0n) is 20.2. The van der Waals surface area contributed by atoms with Gasteiger partial charge in [0.15, 0.2) is 5.96 Å². The number of carbonyl (C=O) groups is 1. The number of nitrogens with one attached hydrogen (secondary N) is 3. The van der Waals surface area contributed by atoms with Crippen LogP contribution in [0, 0.1) is 0 Å². The third-order valence-electron chi connectivity index (χ3n) is 6.23. The van der Waals surface area contributed by atoms with Gasteiger partial charge in [0, 0.05) is 57.8 Å². The summed E-state index contributed by atoms with van der Waals surface area (Å²) in [7, 11) is 1.77. The lowest BCUT2D eigenvalue weighted by Gasteiger charge is -2.35. The van der Waals surface area contributed by atoms with Gasteiger partial charge < -0.3 is 20.7 Å². The fourth-order valence-corrected chi connectivity index (χ4v) is 4.74. The van der Waals surface area contributed by atoms with E-state index in [0.29, 0.717) is 19.5 Å². The van der Waals surface area contributed by atoms with Crippen LogP contribution in [0.5, 0.6) is 0 Å². The smallest absolute Gasteiger partial charge is 0.225 e. The van der Waals surface area contributed by atoms with Crippen LogP contribution in [0.15, 0.2) is 53.5 Å². The van der Waals surface area contributed by atoms with Gasteiger partial charge in [-0.05, 0) is 36.6 Å². The van der Waals surface area contributed by atoms with E-state index in [-0.39, 0.29) is 48.0 Å². The van der Waals surface area contributed by atoms with Crippen molar-refractivity contribution < 1.29 is 9.53 Å². The molecule has 0 aromatic heterocycles. The van der Waals surface area contributed by atoms with Gasteiger partial charge in [0.25, 0.3) is 0 Å². The van der Waals surface area contributed by atoms with E-state index in [9.17, 15) is 4.79 Å². The van der Waals surface area contributed by atoms with Crippen molar-refractivity contribution in [2.24, 2.45) is 4.99 Å². The summed E-state index contributed by atoms with van der Waals surface area (Å²) >= 11 is 0. The van der Waals surface area contributed by atoms with Crippen molar-refractivity contribution >= 4 is 41.5 Å². The molecule has 8 heteroatoms. The number of amides is 1. The van der Waals surface area contributed by atoms with Gasteiger partial charge in [-0.2, -0.15) is 0 Å². The lowest BCUT2D eigenvalue weighted by atomic mass is 9.90. The molecule has 2 aliphatic rings. The van der Waals surface area contributed by atoms with Gasteiger partial charge >= 0.3 is 0 Å². The summed E-state index contributed by atoms with van der Waals surface area (Å²) in [6.07, 6.45) is 1.05. The summed E-state index contributed by atoms with van der Waals surface area (Å²) < 4.78 is 5.83. The number of ether oxygens (including phenoxy) is 1. The van der Waals surface area contributed by atoms with Crippen molar-refractivity contribution in [3.63, 3.8) is 0 Å². The van der Waals surface area contributed by atoms with E-state index in [4.69, 9.17) is 4.74 Å². The highest BCUT2D eigenvalue weighted by Crippen LogP contribution is 2.31. The molecule has 0 saturated carbocycles. The average molecular weight is 578 g/mol. The fourth-order valence-electron chi connectivity index (χ4n) is 4.74. The Morgan fingerprint density at radius 1 is 1.06 bits per heavy atom. The minimum atomic E-state index is 0. The van der Waals surface area contributed by atoms with E-state index in [1.807, 2.05) is 18.2 Å². The van der Waals surface area contributed by atoms with Crippen LogP contribution in [-0.2, 0) is 22.6 Å². The van der Waals surface area contributed by atoms with Crippen LogP contribution in [0.4, 0.5) is 5.69 Å². The number of carbonyl (C=O) groups excluding carboxylic acids is 1. The van der Waals surface area contributed by atoms with Gasteiger partial charge in [0.2, 0.25) is 5.91 Å². The third kappa shape index (κ3) is 7.16. The topological polar surface area (TPSA) is 78.0 Å². The van der Waals surface area contributed by atoms with Crippen LogP contribution in [0.2, 0.25) is 0 Å². The van der Waals surface area contributed by atoms with Crippen molar-refractivity contribution in [1.29, 1.82) is 0 Å². The molecule has 2 aromatic carbocycles. The molecule has 3 unspecified atom stereocenters. The number of para-hydroxylation sites is 1. The van der Waals surface area contributed by atoms with Gasteiger partial charge in [0.05, 0.1) is 12.2 Å². The Hall–Kier alpha value is -2.17. The molecule has 1 saturated heterocycles. The molecule has 1 fully saturated rings. The van der Waals surface area contributed by atoms with Crippen molar-refractivity contribution in [2.45, 2.75) is 51.5 Å². The molecule has 3 atom stereocenters. The number of benzene rings is 2. The molecule has 184 valence electrons. The van der Waals surface area contributed by atoms with Crippen LogP contribution in [-0.4, -0.2) is 55.7 Å². The van der Waals surface area contributed by atoms with Crippen molar-refractivity contribution in [3.8, 4) is 0 Å². The van der Waals surface area contributed by atoms with Gasteiger partial charge in [-0.25, -0.2) is 0 Å². The first-order valence-corrected chi connectivity index (χ1v) is 11.8. The summed E-state index contributed by atoms with van der Waals surface area (Å²) in [5.41, 5.74) is 4.59. The molecule has 34 heavy (non-hydrogen) atoms. The van der Waals surface area contributed by atoms with Gasteiger partial charge in [0.1, 0.15) is 0 Å². The van der Waals surface area contributed by atoms with E-state index in [0.717, 1.165) is 31.3 Å². The first-order valence-electron chi connectivity index (χ1n) is 11.8. The highest BCUT2D eigenvalue weighted by atomic mass is 127. The quantitative estimate of drug-likeness (QED) is 0.278. The first kappa shape index (κ1) is 26.4. The second-order valence-corrected chi connectivity index (χ2v) is 9.11. The molecule has 1 amide bonds. The summed E-state index contributed by atoms with van der Waals surface area (Å²) in [6.45, 7) is 8.52. The maximum atomic E-state index is 12.1. The summed E-state index contributed by atoms with van der Waals surface area (Å²) in [6, 6.07) is 16.7. The third-order valence-corrected chi connectivity index (χ3v) is 6.23. The molecule has 0 radical (unpaired) electrons. The molecule has 3 N–H and O–H groups in total. The Bertz CT molecular complexity index is 971. The minimum Gasteiger partial charge on any atom is -0.373 e. The SMILES string of the molecule is CN=C(NCc1ccc(CN2CC(C)OC(C)C2)cc1)NCC1CC(=O)Nc2ccccc21.I. The van der Waals surface area contributed by atoms with Crippen LogP contribution < -0.4 is 16.0 Å². The number of aliphatic imine (C=N–C) groups is 1. The van der Waals surface area contributed by atoms with Crippen molar-refractivity contribution in [1.82, 2.24) is 15.5 Å². The van der Waals surface area contributed by atoms with Crippen molar-refractivity contribution in [3.05, 3.63) is 65.2 Å². The van der Waals surface area contributed by atoms with Crippen LogP contribution >= 0.6 is 24.0 Å². The molecule has 7 nitrogen and oxygen atoms in total. The zero-order chi connectivity index (χ0) is 23.2. The Morgan fingerprint density at radius 3 is 2.44 bits per heavy atom. The lowest BCUT2D eigenvalue weighted by Crippen LogP contribution is -2.44. The first-order chi connectivity index (χ1) is 16.0. The largest absolute Gasteiger partial charge is 0.373 e. The fraction of sp³-hybridized carbons (Fsp3) is 0.462. The van der Waals surface area contributed by atoms with Crippen LogP contribution in [0.3, 0.4) is 0 Å². The molecule has 2 aromatic rings. The Morgan fingerprint density at radius 2 is 1.74 bits per heavy atom. The summed E-state index contributed by atoms with van der Waals surface area (Å²) in [5, 5.41) is 9.72. The van der Waals surface area contributed by atoms with E-state index < -0.39 is 0 Å². The molecular weight excluding hydrogens is 541 g/mol. The van der Waals surface area contributed by atoms with E-state index >= 15 is 0 Å². The number of rotatable bonds is 6. The molecule has 2 heterocycles.